The summed E-state index contributed by atoms with van der Waals surface area (Å²) >= 11 is 0. The third-order valence-corrected chi connectivity index (χ3v) is 15.9. The number of fused-ring (bicyclic) bond motifs is 6. The smallest absolute Gasteiger partial charge is 0.0215 e. The first-order chi connectivity index (χ1) is 33.0. The van der Waals surface area contributed by atoms with Crippen molar-refractivity contribution in [1.29, 1.82) is 0 Å². The number of unbranched alkanes of at least 4 members (excludes halogenated alkanes) is 12. The minimum atomic E-state index is 0.0674. The number of hydrogen-bond donors (Lipinski definition) is 0. The maximum atomic E-state index is 2.62. The largest absolute Gasteiger partial charge is 0.309 e. The molecule has 7 rings (SSSR count). The fourth-order valence-corrected chi connectivity index (χ4v) is 12.3. The van der Waals surface area contributed by atoms with Crippen LogP contribution in [0.3, 0.4) is 0 Å². The van der Waals surface area contributed by atoms with Gasteiger partial charge in [0.1, 0.15) is 0 Å². The van der Waals surface area contributed by atoms with E-state index in [1.54, 1.807) is 22.3 Å². The Morgan fingerprint density at radius 2 is 0.529 bits per heavy atom. The maximum absolute atomic E-state index is 2.62. The zero-order valence-electron chi connectivity index (χ0n) is 44.2. The second-order valence-corrected chi connectivity index (χ2v) is 22.2. The van der Waals surface area contributed by atoms with Gasteiger partial charge >= 0.3 is 0 Å². The average Bonchev–Trinajstić information content (AvgIpc) is 3.76. The molecule has 0 fully saturated rings. The molecule has 0 bridgehead atoms. The molecule has 0 saturated heterocycles. The summed E-state index contributed by atoms with van der Waals surface area (Å²) in [5, 5.41) is 0. The Hall–Kier alpha value is -4.06. The van der Waals surface area contributed by atoms with Gasteiger partial charge in [-0.2, -0.15) is 0 Å². The first kappa shape index (κ1) is 51.8. The summed E-state index contributed by atoms with van der Waals surface area (Å²) in [5.74, 6) is 0. The molecule has 5 aromatic rings. The fraction of sp³-hybridized carbons (Fsp3) is 0.531. The molecule has 366 valence electrons. The van der Waals surface area contributed by atoms with Crippen molar-refractivity contribution >= 4 is 0 Å². The molecular formula is C64H90N4. The summed E-state index contributed by atoms with van der Waals surface area (Å²) in [6.45, 7) is 4.73. The van der Waals surface area contributed by atoms with E-state index in [1.807, 2.05) is 0 Å². The first-order valence-electron chi connectivity index (χ1n) is 27.2. The Morgan fingerprint density at radius 1 is 0.265 bits per heavy atom. The van der Waals surface area contributed by atoms with Gasteiger partial charge in [-0.05, 0) is 213 Å². The number of benzene rings is 5. The molecule has 0 spiro atoms. The van der Waals surface area contributed by atoms with Crippen LogP contribution in [0, 0.1) is 0 Å². The van der Waals surface area contributed by atoms with E-state index in [-0.39, 0.29) is 10.8 Å². The van der Waals surface area contributed by atoms with E-state index in [0.717, 1.165) is 0 Å². The lowest BCUT2D eigenvalue weighted by Crippen LogP contribution is -2.25. The third-order valence-electron chi connectivity index (χ3n) is 15.9. The summed E-state index contributed by atoms with van der Waals surface area (Å²) in [6.07, 6.45) is 25.7. The summed E-state index contributed by atoms with van der Waals surface area (Å²) in [5.41, 5.74) is 17.6. The summed E-state index contributed by atoms with van der Waals surface area (Å²) in [4.78, 5) is 9.33. The van der Waals surface area contributed by atoms with Crippen LogP contribution in [0.15, 0.2) is 109 Å². The molecule has 0 N–H and O–H groups in total. The van der Waals surface area contributed by atoms with Crippen LogP contribution >= 0.6 is 0 Å². The number of hydrogen-bond acceptors (Lipinski definition) is 4. The van der Waals surface area contributed by atoms with Crippen LogP contribution < -0.4 is 0 Å². The van der Waals surface area contributed by atoms with Gasteiger partial charge in [0.25, 0.3) is 0 Å². The topological polar surface area (TPSA) is 13.0 Å². The zero-order valence-corrected chi connectivity index (χ0v) is 44.2. The summed E-state index contributed by atoms with van der Waals surface area (Å²) in [6, 6.07) is 43.5. The summed E-state index contributed by atoms with van der Waals surface area (Å²) in [7, 11) is 17.6. The van der Waals surface area contributed by atoms with Crippen molar-refractivity contribution in [2.45, 2.75) is 139 Å². The lowest BCUT2D eigenvalue weighted by atomic mass is 9.70. The van der Waals surface area contributed by atoms with E-state index in [1.165, 1.54) is 199 Å². The van der Waals surface area contributed by atoms with Gasteiger partial charge in [0.2, 0.25) is 0 Å². The van der Waals surface area contributed by atoms with E-state index >= 15 is 0 Å². The minimum absolute atomic E-state index is 0.0674. The normalized spacial score (nSPS) is 14.3. The highest BCUT2D eigenvalue weighted by molar-refractivity contribution is 5.86. The molecule has 4 nitrogen and oxygen atoms in total. The van der Waals surface area contributed by atoms with Crippen LogP contribution in [0.1, 0.15) is 151 Å². The van der Waals surface area contributed by atoms with Crippen molar-refractivity contribution < 1.29 is 0 Å². The van der Waals surface area contributed by atoms with Crippen molar-refractivity contribution in [2.24, 2.45) is 0 Å². The SMILES string of the molecule is CN(C)CCCCCCC1(CCCCCCN(C)C)c2ccccc2-c2ccc(-c3ccc(-c4ccc5c(c4)C(CCCCCCN(C)C)(CCCCCCN(C)C)c4ccccc4-5)cc3)cc21. The molecule has 0 aliphatic heterocycles. The Balaban J connectivity index is 1.16. The molecular weight excluding hydrogens is 825 g/mol. The Bertz CT molecular complexity index is 2100. The number of nitrogens with zero attached hydrogens (tertiary/aromatic N) is 4. The van der Waals surface area contributed by atoms with Crippen LogP contribution in [-0.4, -0.2) is 102 Å². The Labute approximate surface area is 415 Å². The third kappa shape index (κ3) is 12.8. The van der Waals surface area contributed by atoms with E-state index in [4.69, 9.17) is 0 Å². The van der Waals surface area contributed by atoms with Crippen molar-refractivity contribution in [3.05, 3.63) is 131 Å². The van der Waals surface area contributed by atoms with Crippen LogP contribution in [0.4, 0.5) is 0 Å². The highest BCUT2D eigenvalue weighted by Gasteiger charge is 2.43. The number of rotatable bonds is 30. The molecule has 2 aliphatic carbocycles. The van der Waals surface area contributed by atoms with E-state index in [0.29, 0.717) is 0 Å². The monoisotopic (exact) mass is 915 g/mol. The lowest BCUT2D eigenvalue weighted by Gasteiger charge is -2.33. The van der Waals surface area contributed by atoms with Gasteiger partial charge < -0.3 is 19.6 Å². The second kappa shape index (κ2) is 25.2. The molecule has 0 unspecified atom stereocenters. The molecule has 0 radical (unpaired) electrons. The summed E-state index contributed by atoms with van der Waals surface area (Å²) < 4.78 is 0. The predicted molar refractivity (Wildman–Crippen MR) is 296 cm³/mol. The van der Waals surface area contributed by atoms with E-state index < -0.39 is 0 Å². The lowest BCUT2D eigenvalue weighted by molar-refractivity contribution is 0.368. The van der Waals surface area contributed by atoms with Crippen LogP contribution in [-0.2, 0) is 10.8 Å². The zero-order chi connectivity index (χ0) is 47.9. The Kier molecular flexibility index (Phi) is 19.2. The minimum Gasteiger partial charge on any atom is -0.309 e. The van der Waals surface area contributed by atoms with Gasteiger partial charge in [-0.15, -0.1) is 0 Å². The van der Waals surface area contributed by atoms with Crippen molar-refractivity contribution in [1.82, 2.24) is 19.6 Å². The Morgan fingerprint density at radius 3 is 0.838 bits per heavy atom. The first-order valence-corrected chi connectivity index (χ1v) is 27.2. The van der Waals surface area contributed by atoms with Gasteiger partial charge in [0.15, 0.2) is 0 Å². The molecule has 0 amide bonds. The van der Waals surface area contributed by atoms with Crippen LogP contribution in [0.25, 0.3) is 44.5 Å². The molecule has 4 heteroatoms. The van der Waals surface area contributed by atoms with Gasteiger partial charge in [0.05, 0.1) is 0 Å². The van der Waals surface area contributed by atoms with Crippen LogP contribution in [0.2, 0.25) is 0 Å². The van der Waals surface area contributed by atoms with Gasteiger partial charge in [-0.1, -0.05) is 174 Å². The molecule has 68 heavy (non-hydrogen) atoms. The van der Waals surface area contributed by atoms with Gasteiger partial charge in [-0.3, -0.25) is 0 Å². The predicted octanol–water partition coefficient (Wildman–Crippen LogP) is 15.6. The molecule has 0 aromatic heterocycles. The molecule has 0 saturated carbocycles. The molecule has 5 aromatic carbocycles. The van der Waals surface area contributed by atoms with Crippen molar-refractivity contribution in [3.63, 3.8) is 0 Å². The highest BCUT2D eigenvalue weighted by atomic mass is 15.1. The molecule has 2 aliphatic rings. The van der Waals surface area contributed by atoms with E-state index in [9.17, 15) is 0 Å². The fourth-order valence-electron chi connectivity index (χ4n) is 12.3. The van der Waals surface area contributed by atoms with Gasteiger partial charge in [0, 0.05) is 10.8 Å². The van der Waals surface area contributed by atoms with E-state index in [2.05, 4.69) is 185 Å². The van der Waals surface area contributed by atoms with Crippen molar-refractivity contribution in [3.8, 4) is 44.5 Å². The molecule has 0 heterocycles. The van der Waals surface area contributed by atoms with Gasteiger partial charge in [-0.25, -0.2) is 0 Å². The van der Waals surface area contributed by atoms with Crippen molar-refractivity contribution in [2.75, 3.05) is 82.6 Å². The highest BCUT2D eigenvalue weighted by Crippen LogP contribution is 2.56. The second-order valence-electron chi connectivity index (χ2n) is 22.2. The van der Waals surface area contributed by atoms with Crippen LogP contribution in [0.5, 0.6) is 0 Å². The molecule has 0 atom stereocenters. The maximum Gasteiger partial charge on any atom is 0.0215 e. The quantitative estimate of drug-likeness (QED) is 0.0426. The average molecular weight is 915 g/mol. The standard InChI is InChI=1S/C64H90N4/c1-65(2)45-25-13-9-21-41-63(42-22-10-14-26-46-66(3)4)59-31-19-17-29-55(59)57-39-37-53(49-61(57)63)51-33-35-52(36-34-51)54-38-40-58-56-30-18-20-32-60(56)64(62(58)50-54,43-23-11-15-27-47-67(5)6)44-24-12-16-28-48-68(7)8/h17-20,29-40,49-50H,9-16,21-28,41-48H2,1-8H3.